The second-order valence-corrected chi connectivity index (χ2v) is 4.07. The number of hydrogen-bond donors (Lipinski definition) is 1. The predicted molar refractivity (Wildman–Crippen MR) is 54.3 cm³/mol. The first-order valence-corrected chi connectivity index (χ1v) is 5.52. The van der Waals surface area contributed by atoms with Gasteiger partial charge in [-0.3, -0.25) is 0 Å². The Morgan fingerprint density at radius 1 is 1.17 bits per heavy atom. The predicted octanol–water partition coefficient (Wildman–Crippen LogP) is 2.95. The van der Waals surface area contributed by atoms with Crippen LogP contribution in [0.25, 0.3) is 0 Å². The Bertz CT molecular complexity index is 113. The summed E-state index contributed by atoms with van der Waals surface area (Å²) in [6, 6.07) is 0.803. The van der Waals surface area contributed by atoms with Gasteiger partial charge in [-0.05, 0) is 44.1 Å². The Morgan fingerprint density at radius 3 is 2.08 bits per heavy atom. The Kier molecular flexibility index (Phi) is 3.57. The molecule has 1 aliphatic heterocycles. The molecule has 0 aliphatic carbocycles. The third-order valence-corrected chi connectivity index (χ3v) is 3.91. The largest absolute Gasteiger partial charge is 0.313 e. The van der Waals surface area contributed by atoms with Crippen molar-refractivity contribution in [3.8, 4) is 0 Å². The lowest BCUT2D eigenvalue weighted by Gasteiger charge is -2.37. The fourth-order valence-electron chi connectivity index (χ4n) is 2.70. The van der Waals surface area contributed by atoms with E-state index in [1.54, 1.807) is 0 Å². The zero-order chi connectivity index (χ0) is 9.03. The molecule has 1 saturated heterocycles. The van der Waals surface area contributed by atoms with Gasteiger partial charge in [0.25, 0.3) is 0 Å². The first kappa shape index (κ1) is 10.0. The van der Waals surface area contributed by atoms with Gasteiger partial charge in [0.05, 0.1) is 0 Å². The molecule has 1 heterocycles. The molecular weight excluding hydrogens is 146 g/mol. The van der Waals surface area contributed by atoms with Crippen LogP contribution in [0.1, 0.15) is 52.9 Å². The molecule has 0 aromatic carbocycles. The van der Waals surface area contributed by atoms with E-state index in [2.05, 4.69) is 26.1 Å². The highest BCUT2D eigenvalue weighted by molar-refractivity contribution is 4.91. The molecular formula is C11H23N. The van der Waals surface area contributed by atoms with E-state index in [1.165, 1.54) is 38.6 Å². The van der Waals surface area contributed by atoms with Crippen LogP contribution in [0.15, 0.2) is 0 Å². The molecule has 0 aromatic heterocycles. The highest BCUT2D eigenvalue weighted by Crippen LogP contribution is 2.37. The Morgan fingerprint density at radius 2 is 1.75 bits per heavy atom. The average molecular weight is 169 g/mol. The molecule has 0 spiro atoms. The lowest BCUT2D eigenvalue weighted by atomic mass is 9.73. The highest BCUT2D eigenvalue weighted by Gasteiger charge is 2.35. The van der Waals surface area contributed by atoms with Crippen molar-refractivity contribution in [1.29, 1.82) is 0 Å². The van der Waals surface area contributed by atoms with Crippen LogP contribution in [0, 0.1) is 5.41 Å². The van der Waals surface area contributed by atoms with Gasteiger partial charge >= 0.3 is 0 Å². The molecule has 1 fully saturated rings. The van der Waals surface area contributed by atoms with Gasteiger partial charge in [0, 0.05) is 6.04 Å². The summed E-state index contributed by atoms with van der Waals surface area (Å²) >= 11 is 0. The summed E-state index contributed by atoms with van der Waals surface area (Å²) in [7, 11) is 0. The van der Waals surface area contributed by atoms with Crippen molar-refractivity contribution in [2.45, 2.75) is 58.9 Å². The fraction of sp³-hybridized carbons (Fsp3) is 1.00. The van der Waals surface area contributed by atoms with E-state index >= 15 is 0 Å². The van der Waals surface area contributed by atoms with Crippen LogP contribution >= 0.6 is 0 Å². The molecule has 12 heavy (non-hydrogen) atoms. The van der Waals surface area contributed by atoms with E-state index in [1.807, 2.05) is 0 Å². The zero-order valence-electron chi connectivity index (χ0n) is 8.82. The van der Waals surface area contributed by atoms with Gasteiger partial charge in [0.1, 0.15) is 0 Å². The standard InChI is InChI=1S/C11H23N/c1-4-11(5-2,6-3)10-8-7-9-12-10/h10,12H,4-9H2,1-3H3. The van der Waals surface area contributed by atoms with Crippen molar-refractivity contribution in [1.82, 2.24) is 5.32 Å². The maximum Gasteiger partial charge on any atom is 0.0124 e. The topological polar surface area (TPSA) is 12.0 Å². The number of nitrogens with one attached hydrogen (secondary N) is 1. The van der Waals surface area contributed by atoms with Crippen LogP contribution in [0.4, 0.5) is 0 Å². The minimum Gasteiger partial charge on any atom is -0.313 e. The summed E-state index contributed by atoms with van der Waals surface area (Å²) in [6.07, 6.45) is 6.77. The molecule has 1 N–H and O–H groups in total. The van der Waals surface area contributed by atoms with Gasteiger partial charge in [0.2, 0.25) is 0 Å². The van der Waals surface area contributed by atoms with Crippen molar-refractivity contribution < 1.29 is 0 Å². The lowest BCUT2D eigenvalue weighted by Crippen LogP contribution is -2.40. The Labute approximate surface area is 76.9 Å². The van der Waals surface area contributed by atoms with Crippen molar-refractivity contribution in [2.75, 3.05) is 6.54 Å². The maximum absolute atomic E-state index is 3.65. The first-order valence-electron chi connectivity index (χ1n) is 5.52. The van der Waals surface area contributed by atoms with Gasteiger partial charge < -0.3 is 5.32 Å². The summed E-state index contributed by atoms with van der Waals surface area (Å²) in [5.74, 6) is 0. The van der Waals surface area contributed by atoms with Crippen LogP contribution in [0.5, 0.6) is 0 Å². The lowest BCUT2D eigenvalue weighted by molar-refractivity contribution is 0.177. The van der Waals surface area contributed by atoms with E-state index in [0.29, 0.717) is 5.41 Å². The molecule has 0 bridgehead atoms. The molecule has 1 heteroatoms. The summed E-state index contributed by atoms with van der Waals surface area (Å²) in [6.45, 7) is 8.26. The second kappa shape index (κ2) is 4.27. The summed E-state index contributed by atoms with van der Waals surface area (Å²) in [5, 5.41) is 3.65. The first-order chi connectivity index (χ1) is 5.79. The van der Waals surface area contributed by atoms with Crippen molar-refractivity contribution in [3.05, 3.63) is 0 Å². The van der Waals surface area contributed by atoms with Crippen LogP contribution in [0.3, 0.4) is 0 Å². The second-order valence-electron chi connectivity index (χ2n) is 4.07. The Hall–Kier alpha value is -0.0400. The molecule has 1 atom stereocenters. The molecule has 0 amide bonds. The quantitative estimate of drug-likeness (QED) is 0.682. The number of hydrogen-bond acceptors (Lipinski definition) is 1. The van der Waals surface area contributed by atoms with Gasteiger partial charge in [-0.15, -0.1) is 0 Å². The molecule has 1 rings (SSSR count). The molecule has 72 valence electrons. The van der Waals surface area contributed by atoms with Crippen molar-refractivity contribution in [2.24, 2.45) is 5.41 Å². The van der Waals surface area contributed by atoms with Crippen molar-refractivity contribution in [3.63, 3.8) is 0 Å². The summed E-state index contributed by atoms with van der Waals surface area (Å²) in [4.78, 5) is 0. The average Bonchev–Trinajstić information content (AvgIpc) is 2.62. The minimum atomic E-state index is 0.594. The molecule has 1 unspecified atom stereocenters. The number of rotatable bonds is 4. The van der Waals surface area contributed by atoms with E-state index in [-0.39, 0.29) is 0 Å². The third kappa shape index (κ3) is 1.66. The molecule has 1 nitrogen and oxygen atoms in total. The van der Waals surface area contributed by atoms with Crippen molar-refractivity contribution >= 4 is 0 Å². The molecule has 0 saturated carbocycles. The van der Waals surface area contributed by atoms with E-state index in [4.69, 9.17) is 0 Å². The van der Waals surface area contributed by atoms with Crippen LogP contribution in [0.2, 0.25) is 0 Å². The molecule has 1 aliphatic rings. The van der Waals surface area contributed by atoms with Crippen LogP contribution in [-0.4, -0.2) is 12.6 Å². The van der Waals surface area contributed by atoms with Gasteiger partial charge in [-0.25, -0.2) is 0 Å². The fourth-order valence-corrected chi connectivity index (χ4v) is 2.70. The molecule has 0 aromatic rings. The monoisotopic (exact) mass is 169 g/mol. The Balaban J connectivity index is 2.61. The SMILES string of the molecule is CCC(CC)(CC)C1CCCN1. The van der Waals surface area contributed by atoms with Crippen LogP contribution < -0.4 is 5.32 Å². The normalized spacial score (nSPS) is 24.8. The maximum atomic E-state index is 3.65. The summed E-state index contributed by atoms with van der Waals surface area (Å²) < 4.78 is 0. The molecule has 0 radical (unpaired) electrons. The van der Waals surface area contributed by atoms with E-state index < -0.39 is 0 Å². The smallest absolute Gasteiger partial charge is 0.0124 e. The van der Waals surface area contributed by atoms with Gasteiger partial charge in [-0.2, -0.15) is 0 Å². The van der Waals surface area contributed by atoms with E-state index in [0.717, 1.165) is 6.04 Å². The zero-order valence-corrected chi connectivity index (χ0v) is 8.82. The third-order valence-electron chi connectivity index (χ3n) is 3.91. The van der Waals surface area contributed by atoms with Gasteiger partial charge in [-0.1, -0.05) is 20.8 Å². The van der Waals surface area contributed by atoms with Gasteiger partial charge in [0.15, 0.2) is 0 Å². The highest BCUT2D eigenvalue weighted by atomic mass is 15.0. The van der Waals surface area contributed by atoms with E-state index in [9.17, 15) is 0 Å². The van der Waals surface area contributed by atoms with Crippen LogP contribution in [-0.2, 0) is 0 Å². The summed E-state index contributed by atoms with van der Waals surface area (Å²) in [5.41, 5.74) is 0.594. The minimum absolute atomic E-state index is 0.594.